The minimum absolute atomic E-state index is 0.414. The molecule has 1 spiro atoms. The largest absolute Gasteiger partial charge is 0.228 e. The van der Waals surface area contributed by atoms with E-state index in [-0.39, 0.29) is 0 Å². The molecule has 8 aromatic carbocycles. The summed E-state index contributed by atoms with van der Waals surface area (Å²) in [5.74, 6) is 0.714. The number of hydrogen-bond donors (Lipinski definition) is 0. The van der Waals surface area contributed by atoms with Crippen LogP contribution in [0.2, 0.25) is 0 Å². The van der Waals surface area contributed by atoms with Crippen LogP contribution < -0.4 is 0 Å². The first-order valence-electron chi connectivity index (χ1n) is 18.4. The van der Waals surface area contributed by atoms with E-state index in [0.717, 1.165) is 33.6 Å². The molecule has 2 nitrogen and oxygen atoms in total. The molecule has 0 amide bonds. The van der Waals surface area contributed by atoms with E-state index in [2.05, 4.69) is 176 Å². The summed E-state index contributed by atoms with van der Waals surface area (Å²) in [7, 11) is 0. The van der Waals surface area contributed by atoms with Gasteiger partial charge in [-0.05, 0) is 73.5 Å². The quantitative estimate of drug-likeness (QED) is 0.182. The molecule has 0 fully saturated rings. The van der Waals surface area contributed by atoms with Gasteiger partial charge in [0.2, 0.25) is 0 Å². The summed E-state index contributed by atoms with van der Waals surface area (Å²) >= 11 is 1.89. The van der Waals surface area contributed by atoms with Gasteiger partial charge in [-0.2, -0.15) is 0 Å². The predicted molar refractivity (Wildman–Crippen MR) is 223 cm³/mol. The van der Waals surface area contributed by atoms with Crippen molar-refractivity contribution in [3.63, 3.8) is 0 Å². The molecule has 9 aromatic rings. The molecule has 3 heteroatoms. The van der Waals surface area contributed by atoms with Gasteiger partial charge in [-0.25, -0.2) is 9.97 Å². The second-order valence-corrected chi connectivity index (χ2v) is 15.1. The van der Waals surface area contributed by atoms with Crippen LogP contribution in [-0.4, -0.2) is 9.97 Å². The fourth-order valence-electron chi connectivity index (χ4n) is 8.85. The Kier molecular flexibility index (Phi) is 7.05. The highest BCUT2D eigenvalue weighted by molar-refractivity contribution is 7.99. The normalized spacial score (nSPS) is 13.3. The van der Waals surface area contributed by atoms with Gasteiger partial charge in [-0.3, -0.25) is 0 Å². The third-order valence-electron chi connectivity index (χ3n) is 11.2. The van der Waals surface area contributed by atoms with Crippen molar-refractivity contribution in [2.24, 2.45) is 0 Å². The minimum atomic E-state index is -0.414. The first kappa shape index (κ1) is 31.0. The van der Waals surface area contributed by atoms with Crippen LogP contribution in [0.5, 0.6) is 0 Å². The average Bonchev–Trinajstić information content (AvgIpc) is 3.54. The van der Waals surface area contributed by atoms with Crippen LogP contribution in [0.1, 0.15) is 22.3 Å². The lowest BCUT2D eigenvalue weighted by molar-refractivity contribution is 0.723. The lowest BCUT2D eigenvalue weighted by atomic mass is 9.67. The van der Waals surface area contributed by atoms with E-state index in [1.54, 1.807) is 0 Å². The molecule has 0 saturated heterocycles. The fourth-order valence-corrected chi connectivity index (χ4v) is 10.2. The highest BCUT2D eigenvalue weighted by atomic mass is 32.2. The van der Waals surface area contributed by atoms with Crippen LogP contribution in [0.4, 0.5) is 0 Å². The Balaban J connectivity index is 1.11. The molecule has 252 valence electrons. The molecule has 11 rings (SSSR count). The van der Waals surface area contributed by atoms with E-state index in [1.165, 1.54) is 59.5 Å². The van der Waals surface area contributed by atoms with Crippen molar-refractivity contribution < 1.29 is 0 Å². The zero-order valence-electron chi connectivity index (χ0n) is 29.3. The van der Waals surface area contributed by atoms with Crippen LogP contribution in [0.3, 0.4) is 0 Å². The van der Waals surface area contributed by atoms with E-state index in [9.17, 15) is 0 Å². The van der Waals surface area contributed by atoms with Crippen molar-refractivity contribution >= 4 is 22.5 Å². The first-order valence-corrected chi connectivity index (χ1v) is 19.2. The number of aromatic nitrogens is 2. The Bertz CT molecular complexity index is 2880. The second kappa shape index (κ2) is 12.3. The highest BCUT2D eigenvalue weighted by Crippen LogP contribution is 2.63. The Morgan fingerprint density at radius 1 is 0.370 bits per heavy atom. The Hall–Kier alpha value is -6.55. The fraction of sp³-hybridized carbons (Fsp3) is 0.0196. The van der Waals surface area contributed by atoms with Gasteiger partial charge >= 0.3 is 0 Å². The lowest BCUT2D eigenvalue weighted by Crippen LogP contribution is -2.32. The number of nitrogens with zero attached hydrogens (tertiary/aromatic N) is 2. The van der Waals surface area contributed by atoms with Gasteiger partial charge in [0.05, 0.1) is 16.8 Å². The highest BCUT2D eigenvalue weighted by Gasteiger charge is 2.50. The lowest BCUT2D eigenvalue weighted by Gasteiger charge is -2.40. The molecule has 0 saturated carbocycles. The van der Waals surface area contributed by atoms with Gasteiger partial charge in [0, 0.05) is 26.5 Å². The van der Waals surface area contributed by atoms with Crippen molar-refractivity contribution in [3.05, 3.63) is 216 Å². The summed E-state index contributed by atoms with van der Waals surface area (Å²) in [6.07, 6.45) is 0. The molecule has 0 N–H and O–H groups in total. The Labute approximate surface area is 318 Å². The molecule has 0 bridgehead atoms. The smallest absolute Gasteiger partial charge is 0.160 e. The van der Waals surface area contributed by atoms with E-state index < -0.39 is 5.41 Å². The van der Waals surface area contributed by atoms with Crippen LogP contribution in [0, 0.1) is 0 Å². The van der Waals surface area contributed by atoms with Crippen LogP contribution >= 0.6 is 11.8 Å². The van der Waals surface area contributed by atoms with E-state index >= 15 is 0 Å². The van der Waals surface area contributed by atoms with E-state index in [4.69, 9.17) is 9.97 Å². The molecule has 54 heavy (non-hydrogen) atoms. The third-order valence-corrected chi connectivity index (χ3v) is 12.4. The number of hydrogen-bond acceptors (Lipinski definition) is 3. The zero-order valence-corrected chi connectivity index (χ0v) is 30.1. The topological polar surface area (TPSA) is 25.8 Å². The van der Waals surface area contributed by atoms with E-state index in [1.807, 2.05) is 30.0 Å². The van der Waals surface area contributed by atoms with Gasteiger partial charge in [0.1, 0.15) is 0 Å². The third kappa shape index (κ3) is 4.62. The monoisotopic (exact) mass is 704 g/mol. The van der Waals surface area contributed by atoms with Gasteiger partial charge < -0.3 is 0 Å². The standard InChI is InChI=1S/C51H32N2S/c1-2-16-34(17-3-1)50-52-46(32-47(53-50)41-25-13-18-33-15-4-5-21-37(33)41)36-20-12-19-35(31-36)38-24-14-29-45-49(38)54-48-30-11-10-28-44(48)51(45)42-26-8-6-22-39(42)40-23-7-9-27-43(40)51/h1-32H. The minimum Gasteiger partial charge on any atom is -0.228 e. The molecule has 0 unspecified atom stereocenters. The SMILES string of the molecule is c1ccc(-c2nc(-c3cccc(-c4cccc5c4Sc4ccccc4C54c5ccccc5-c5ccccc54)c3)cc(-c3cccc4ccccc34)n2)cc1. The van der Waals surface area contributed by atoms with Crippen molar-refractivity contribution in [1.82, 2.24) is 9.97 Å². The Morgan fingerprint density at radius 3 is 1.76 bits per heavy atom. The first-order chi connectivity index (χ1) is 26.8. The second-order valence-electron chi connectivity index (χ2n) is 14.1. The number of fused-ring (bicyclic) bond motifs is 10. The molecule has 2 aliphatic rings. The molecule has 1 aromatic heterocycles. The maximum atomic E-state index is 5.22. The molecule has 0 atom stereocenters. The average molecular weight is 705 g/mol. The van der Waals surface area contributed by atoms with Crippen LogP contribution in [-0.2, 0) is 5.41 Å². The number of rotatable bonds is 4. The molecular formula is C51H32N2S. The van der Waals surface area contributed by atoms with Crippen molar-refractivity contribution in [2.45, 2.75) is 15.2 Å². The predicted octanol–water partition coefficient (Wildman–Crippen LogP) is 13.1. The van der Waals surface area contributed by atoms with E-state index in [0.29, 0.717) is 5.82 Å². The van der Waals surface area contributed by atoms with Crippen LogP contribution in [0.15, 0.2) is 204 Å². The summed E-state index contributed by atoms with van der Waals surface area (Å²) in [6, 6.07) is 70.2. The molecular weight excluding hydrogens is 673 g/mol. The Morgan fingerprint density at radius 2 is 0.926 bits per heavy atom. The summed E-state index contributed by atoms with van der Waals surface area (Å²) in [4.78, 5) is 13.0. The molecule has 1 aliphatic heterocycles. The van der Waals surface area contributed by atoms with Gasteiger partial charge in [-0.1, -0.05) is 188 Å². The van der Waals surface area contributed by atoms with Crippen molar-refractivity contribution in [1.29, 1.82) is 0 Å². The van der Waals surface area contributed by atoms with Gasteiger partial charge in [0.15, 0.2) is 5.82 Å². The summed E-state index contributed by atoms with van der Waals surface area (Å²) in [6.45, 7) is 0. The maximum absolute atomic E-state index is 5.22. The molecule has 1 aliphatic carbocycles. The molecule has 0 radical (unpaired) electrons. The summed E-state index contributed by atoms with van der Waals surface area (Å²) in [5, 5.41) is 2.37. The molecule has 2 heterocycles. The zero-order chi connectivity index (χ0) is 35.6. The summed E-state index contributed by atoms with van der Waals surface area (Å²) < 4.78 is 0. The van der Waals surface area contributed by atoms with Crippen molar-refractivity contribution in [2.75, 3.05) is 0 Å². The van der Waals surface area contributed by atoms with Crippen LogP contribution in [0.25, 0.3) is 66.9 Å². The van der Waals surface area contributed by atoms with Gasteiger partial charge in [-0.15, -0.1) is 0 Å². The maximum Gasteiger partial charge on any atom is 0.160 e. The van der Waals surface area contributed by atoms with Crippen molar-refractivity contribution in [3.8, 4) is 56.2 Å². The number of benzene rings is 8. The van der Waals surface area contributed by atoms with Gasteiger partial charge in [0.25, 0.3) is 0 Å². The summed E-state index contributed by atoms with van der Waals surface area (Å²) in [5.41, 5.74) is 14.9.